The lowest BCUT2D eigenvalue weighted by atomic mass is 10.3. The first-order valence-corrected chi connectivity index (χ1v) is 6.29. The maximum absolute atomic E-state index is 13.5. The molecule has 6 nitrogen and oxygen atoms in total. The van der Waals surface area contributed by atoms with Crippen molar-refractivity contribution in [2.75, 3.05) is 10.6 Å². The standard InChI is InChI=1S/C14H12FN5O/c15-11-5-1-2-6-12(11)18-14-19-13(9-17-20-14)16-8-10-4-3-7-21-10/h1-7,9H,8H2,(H2,16,18,19,20). The number of para-hydroxylation sites is 1. The monoisotopic (exact) mass is 285 g/mol. The molecule has 0 saturated heterocycles. The number of aromatic nitrogens is 3. The zero-order chi connectivity index (χ0) is 14.5. The second-order valence-electron chi connectivity index (χ2n) is 4.20. The van der Waals surface area contributed by atoms with E-state index in [2.05, 4.69) is 25.8 Å². The Morgan fingerprint density at radius 2 is 2.05 bits per heavy atom. The van der Waals surface area contributed by atoms with Crippen LogP contribution in [0.4, 0.5) is 21.8 Å². The van der Waals surface area contributed by atoms with Crippen LogP contribution in [0.25, 0.3) is 0 Å². The molecule has 21 heavy (non-hydrogen) atoms. The van der Waals surface area contributed by atoms with Gasteiger partial charge in [0.15, 0.2) is 5.82 Å². The normalized spacial score (nSPS) is 10.3. The van der Waals surface area contributed by atoms with E-state index in [1.165, 1.54) is 12.3 Å². The summed E-state index contributed by atoms with van der Waals surface area (Å²) in [5.41, 5.74) is 0.294. The van der Waals surface area contributed by atoms with Gasteiger partial charge in [0.1, 0.15) is 11.6 Å². The lowest BCUT2D eigenvalue weighted by molar-refractivity contribution is 0.517. The Kier molecular flexibility index (Phi) is 3.72. The number of furan rings is 1. The maximum atomic E-state index is 13.5. The summed E-state index contributed by atoms with van der Waals surface area (Å²) in [5, 5.41) is 13.5. The largest absolute Gasteiger partial charge is 0.467 e. The predicted octanol–water partition coefficient (Wildman–Crippen LogP) is 2.96. The predicted molar refractivity (Wildman–Crippen MR) is 75.5 cm³/mol. The molecule has 0 fully saturated rings. The summed E-state index contributed by atoms with van der Waals surface area (Å²) in [7, 11) is 0. The molecule has 2 N–H and O–H groups in total. The average molecular weight is 285 g/mol. The van der Waals surface area contributed by atoms with E-state index >= 15 is 0 Å². The fourth-order valence-corrected chi connectivity index (χ4v) is 1.72. The van der Waals surface area contributed by atoms with Gasteiger partial charge < -0.3 is 15.1 Å². The second-order valence-corrected chi connectivity index (χ2v) is 4.20. The highest BCUT2D eigenvalue weighted by molar-refractivity contribution is 5.54. The molecule has 0 spiro atoms. The molecule has 2 heterocycles. The smallest absolute Gasteiger partial charge is 0.249 e. The molecule has 1 aromatic carbocycles. The Bertz CT molecular complexity index is 717. The fraction of sp³-hybridized carbons (Fsp3) is 0.0714. The summed E-state index contributed by atoms with van der Waals surface area (Å²) in [6.45, 7) is 0.477. The topological polar surface area (TPSA) is 75.9 Å². The number of nitrogens with one attached hydrogen (secondary N) is 2. The first-order valence-electron chi connectivity index (χ1n) is 6.29. The number of rotatable bonds is 5. The summed E-state index contributed by atoms with van der Waals surface area (Å²) in [4.78, 5) is 4.20. The van der Waals surface area contributed by atoms with E-state index in [0.29, 0.717) is 18.1 Å². The minimum absolute atomic E-state index is 0.213. The summed E-state index contributed by atoms with van der Waals surface area (Å²) in [6, 6.07) is 9.94. The zero-order valence-corrected chi connectivity index (χ0v) is 11.0. The van der Waals surface area contributed by atoms with Gasteiger partial charge in [-0.15, -0.1) is 5.10 Å². The Morgan fingerprint density at radius 3 is 2.86 bits per heavy atom. The molecule has 0 radical (unpaired) electrons. The lowest BCUT2D eigenvalue weighted by Crippen LogP contribution is -2.05. The van der Waals surface area contributed by atoms with Crippen LogP contribution in [0, 0.1) is 5.82 Å². The van der Waals surface area contributed by atoms with Crippen LogP contribution in [0.2, 0.25) is 0 Å². The molecule has 0 amide bonds. The van der Waals surface area contributed by atoms with Crippen molar-refractivity contribution >= 4 is 17.5 Å². The molecular weight excluding hydrogens is 273 g/mol. The molecular formula is C14H12FN5O. The van der Waals surface area contributed by atoms with E-state index in [1.807, 2.05) is 6.07 Å². The van der Waals surface area contributed by atoms with Gasteiger partial charge >= 0.3 is 0 Å². The molecule has 0 aliphatic heterocycles. The van der Waals surface area contributed by atoms with Crippen LogP contribution in [0.1, 0.15) is 5.76 Å². The van der Waals surface area contributed by atoms with Gasteiger partial charge in [0, 0.05) is 0 Å². The summed E-state index contributed by atoms with van der Waals surface area (Å²) in [6.07, 6.45) is 3.08. The van der Waals surface area contributed by atoms with E-state index in [4.69, 9.17) is 4.42 Å². The van der Waals surface area contributed by atoms with Crippen molar-refractivity contribution < 1.29 is 8.81 Å². The van der Waals surface area contributed by atoms with Crippen LogP contribution in [-0.2, 0) is 6.54 Å². The number of halogens is 1. The fourth-order valence-electron chi connectivity index (χ4n) is 1.72. The molecule has 3 rings (SSSR count). The summed E-state index contributed by atoms with van der Waals surface area (Å²) < 4.78 is 18.7. The van der Waals surface area contributed by atoms with Crippen molar-refractivity contribution in [3.05, 3.63) is 60.4 Å². The molecule has 0 bridgehead atoms. The van der Waals surface area contributed by atoms with E-state index in [0.717, 1.165) is 5.76 Å². The number of benzene rings is 1. The number of nitrogens with zero attached hydrogens (tertiary/aromatic N) is 3. The van der Waals surface area contributed by atoms with Crippen molar-refractivity contribution in [2.45, 2.75) is 6.54 Å². The van der Waals surface area contributed by atoms with Crippen LogP contribution >= 0.6 is 0 Å². The van der Waals surface area contributed by atoms with E-state index in [1.54, 1.807) is 30.5 Å². The first kappa shape index (κ1) is 13.0. The number of hydrogen-bond donors (Lipinski definition) is 2. The van der Waals surface area contributed by atoms with Crippen molar-refractivity contribution in [2.24, 2.45) is 0 Å². The Labute approximate surface area is 120 Å². The quantitative estimate of drug-likeness (QED) is 0.750. The van der Waals surface area contributed by atoms with Crippen molar-refractivity contribution in [1.29, 1.82) is 0 Å². The SMILES string of the molecule is Fc1ccccc1Nc1nncc(NCc2ccco2)n1. The van der Waals surface area contributed by atoms with E-state index in [-0.39, 0.29) is 11.8 Å². The van der Waals surface area contributed by atoms with E-state index in [9.17, 15) is 4.39 Å². The zero-order valence-electron chi connectivity index (χ0n) is 11.0. The molecule has 0 unspecified atom stereocenters. The number of anilines is 3. The molecule has 0 aliphatic rings. The Hall–Kier alpha value is -2.96. The van der Waals surface area contributed by atoms with Crippen molar-refractivity contribution in [3.63, 3.8) is 0 Å². The van der Waals surface area contributed by atoms with Gasteiger partial charge in [-0.3, -0.25) is 0 Å². The van der Waals surface area contributed by atoms with Gasteiger partial charge in [-0.25, -0.2) is 4.39 Å². The molecule has 0 saturated carbocycles. The highest BCUT2D eigenvalue weighted by Gasteiger charge is 2.05. The second kappa shape index (κ2) is 6.00. The van der Waals surface area contributed by atoms with Gasteiger partial charge in [-0.2, -0.15) is 10.1 Å². The van der Waals surface area contributed by atoms with Crippen LogP contribution in [0.5, 0.6) is 0 Å². The molecule has 7 heteroatoms. The van der Waals surface area contributed by atoms with Crippen LogP contribution in [0.3, 0.4) is 0 Å². The molecule has 0 atom stereocenters. The third-order valence-electron chi connectivity index (χ3n) is 2.70. The third-order valence-corrected chi connectivity index (χ3v) is 2.70. The summed E-state index contributed by atoms with van der Waals surface area (Å²) >= 11 is 0. The van der Waals surface area contributed by atoms with Crippen LogP contribution in [-0.4, -0.2) is 15.2 Å². The van der Waals surface area contributed by atoms with Gasteiger partial charge in [0.05, 0.1) is 24.7 Å². The third kappa shape index (κ3) is 3.33. The van der Waals surface area contributed by atoms with Crippen molar-refractivity contribution in [3.8, 4) is 0 Å². The van der Waals surface area contributed by atoms with E-state index < -0.39 is 0 Å². The number of hydrogen-bond acceptors (Lipinski definition) is 6. The minimum atomic E-state index is -0.380. The Morgan fingerprint density at radius 1 is 1.14 bits per heavy atom. The highest BCUT2D eigenvalue weighted by atomic mass is 19.1. The van der Waals surface area contributed by atoms with Crippen LogP contribution in [0.15, 0.2) is 53.3 Å². The first-order chi connectivity index (χ1) is 10.3. The Balaban J connectivity index is 1.70. The average Bonchev–Trinajstić information content (AvgIpc) is 3.01. The van der Waals surface area contributed by atoms with Gasteiger partial charge in [0.2, 0.25) is 5.95 Å². The molecule has 3 aromatic rings. The molecule has 106 valence electrons. The minimum Gasteiger partial charge on any atom is -0.467 e. The van der Waals surface area contributed by atoms with Crippen molar-refractivity contribution in [1.82, 2.24) is 15.2 Å². The van der Waals surface area contributed by atoms with Gasteiger partial charge in [0.25, 0.3) is 0 Å². The van der Waals surface area contributed by atoms with Crippen LogP contribution < -0.4 is 10.6 Å². The molecule has 0 aliphatic carbocycles. The highest BCUT2D eigenvalue weighted by Crippen LogP contribution is 2.17. The molecule has 2 aromatic heterocycles. The van der Waals surface area contributed by atoms with Gasteiger partial charge in [-0.1, -0.05) is 12.1 Å². The van der Waals surface area contributed by atoms with Gasteiger partial charge in [-0.05, 0) is 24.3 Å². The maximum Gasteiger partial charge on any atom is 0.249 e. The summed E-state index contributed by atoms with van der Waals surface area (Å²) in [5.74, 6) is 1.12. The lowest BCUT2D eigenvalue weighted by Gasteiger charge is -2.07.